The summed E-state index contributed by atoms with van der Waals surface area (Å²) in [6.45, 7) is 5.33. The number of carbonyl (C=O) groups is 2. The standard InChI is InChI=1S/C37H36N4O5/c1-26-15-16-35(27(2)23-26)40(37(44)30-11-8-12-31(24-30)41(45)46)22-19-32(25-42)39-20-17-28(18-21-39)33-13-6-7-14-34(33)38-36(43)29-9-4-3-5-10-29/h3-16,23-24,28H,17-22H2,1-2H3,(H,38,43). The number of amides is 2. The molecule has 4 aromatic rings. The highest BCUT2D eigenvalue weighted by atomic mass is 16.6. The lowest BCUT2D eigenvalue weighted by atomic mass is 9.88. The van der Waals surface area contributed by atoms with Crippen molar-refractivity contribution in [3.63, 3.8) is 0 Å². The van der Waals surface area contributed by atoms with Crippen LogP contribution in [0.2, 0.25) is 0 Å². The number of non-ortho nitro benzene ring substituents is 1. The van der Waals surface area contributed by atoms with Gasteiger partial charge in [0, 0.05) is 60.7 Å². The van der Waals surface area contributed by atoms with Crippen LogP contribution in [0.15, 0.2) is 103 Å². The SMILES string of the molecule is Cc1ccc(N(CCC(=C=O)N2CCC(c3ccccc3NC(=O)c3ccccc3)CC2)C(=O)c2cccc([N+](=O)[O-])c2)c(C)c1. The Morgan fingerprint density at radius 3 is 2.30 bits per heavy atom. The van der Waals surface area contributed by atoms with Gasteiger partial charge in [0.1, 0.15) is 11.6 Å². The number of hydrogen-bond acceptors (Lipinski definition) is 6. The fraction of sp³-hybridized carbons (Fsp3) is 0.243. The van der Waals surface area contributed by atoms with Gasteiger partial charge in [0.2, 0.25) is 0 Å². The molecule has 9 nitrogen and oxygen atoms in total. The summed E-state index contributed by atoms with van der Waals surface area (Å²) in [5.74, 6) is 1.77. The van der Waals surface area contributed by atoms with E-state index in [9.17, 15) is 24.5 Å². The van der Waals surface area contributed by atoms with Gasteiger partial charge in [-0.25, -0.2) is 4.79 Å². The minimum atomic E-state index is -0.523. The Kier molecular flexibility index (Phi) is 10.0. The van der Waals surface area contributed by atoms with Crippen LogP contribution in [0.1, 0.15) is 62.6 Å². The fourth-order valence-corrected chi connectivity index (χ4v) is 6.05. The van der Waals surface area contributed by atoms with Gasteiger partial charge < -0.3 is 15.1 Å². The van der Waals surface area contributed by atoms with Crippen molar-refractivity contribution >= 4 is 34.8 Å². The molecule has 1 aliphatic heterocycles. The number of nitro groups is 1. The highest BCUT2D eigenvalue weighted by Crippen LogP contribution is 2.34. The van der Waals surface area contributed by atoms with Crippen molar-refractivity contribution in [3.05, 3.63) is 141 Å². The number of nitro benzene ring substituents is 1. The number of nitrogens with one attached hydrogen (secondary N) is 1. The van der Waals surface area contributed by atoms with Crippen molar-refractivity contribution in [1.82, 2.24) is 4.90 Å². The molecule has 1 saturated heterocycles. The number of aryl methyl sites for hydroxylation is 2. The predicted octanol–water partition coefficient (Wildman–Crippen LogP) is 7.10. The first-order valence-corrected chi connectivity index (χ1v) is 15.3. The Morgan fingerprint density at radius 1 is 0.913 bits per heavy atom. The Hall–Kier alpha value is -5.53. The lowest BCUT2D eigenvalue weighted by molar-refractivity contribution is -0.384. The normalized spacial score (nSPS) is 13.0. The number of rotatable bonds is 10. The molecule has 0 aliphatic carbocycles. The molecule has 234 valence electrons. The molecule has 1 N–H and O–H groups in total. The quantitative estimate of drug-likeness (QED) is 0.116. The van der Waals surface area contributed by atoms with Gasteiger partial charge in [0.25, 0.3) is 17.5 Å². The van der Waals surface area contributed by atoms with Crippen molar-refractivity contribution in [3.8, 4) is 0 Å². The zero-order valence-corrected chi connectivity index (χ0v) is 25.9. The first-order chi connectivity index (χ1) is 22.2. The van der Waals surface area contributed by atoms with Gasteiger partial charge in [-0.3, -0.25) is 19.7 Å². The van der Waals surface area contributed by atoms with Crippen LogP contribution in [0.25, 0.3) is 0 Å². The van der Waals surface area contributed by atoms with Crippen LogP contribution in [-0.2, 0) is 4.79 Å². The molecule has 0 radical (unpaired) electrons. The minimum Gasteiger partial charge on any atom is -0.366 e. The number of para-hydroxylation sites is 1. The summed E-state index contributed by atoms with van der Waals surface area (Å²) in [6.07, 6.45) is 1.82. The van der Waals surface area contributed by atoms with Gasteiger partial charge in [0.05, 0.1) is 4.92 Å². The number of hydrogen-bond donors (Lipinski definition) is 1. The minimum absolute atomic E-state index is 0.162. The van der Waals surface area contributed by atoms with Crippen molar-refractivity contribution in [2.75, 3.05) is 29.9 Å². The molecule has 2 amide bonds. The van der Waals surface area contributed by atoms with E-state index in [1.165, 1.54) is 18.2 Å². The third-order valence-electron chi connectivity index (χ3n) is 8.44. The van der Waals surface area contributed by atoms with Crippen molar-refractivity contribution in [1.29, 1.82) is 0 Å². The van der Waals surface area contributed by atoms with E-state index in [-0.39, 0.29) is 41.9 Å². The Balaban J connectivity index is 1.28. The molecule has 9 heteroatoms. The van der Waals surface area contributed by atoms with Crippen molar-refractivity contribution in [2.24, 2.45) is 0 Å². The summed E-state index contributed by atoms with van der Waals surface area (Å²) in [6, 6.07) is 28.4. The number of piperidine rings is 1. The van der Waals surface area contributed by atoms with E-state index >= 15 is 0 Å². The third kappa shape index (κ3) is 7.39. The van der Waals surface area contributed by atoms with Gasteiger partial charge in [-0.2, -0.15) is 0 Å². The van der Waals surface area contributed by atoms with Gasteiger partial charge in [-0.15, -0.1) is 0 Å². The molecule has 0 spiro atoms. The number of benzene rings is 4. The molecule has 0 aromatic heterocycles. The second-order valence-electron chi connectivity index (χ2n) is 11.5. The largest absolute Gasteiger partial charge is 0.366 e. The lowest BCUT2D eigenvalue weighted by Gasteiger charge is -2.35. The maximum Gasteiger partial charge on any atom is 0.270 e. The maximum atomic E-state index is 13.8. The summed E-state index contributed by atoms with van der Waals surface area (Å²) in [7, 11) is 0. The molecule has 1 heterocycles. The fourth-order valence-electron chi connectivity index (χ4n) is 6.05. The molecule has 1 aliphatic rings. The first-order valence-electron chi connectivity index (χ1n) is 15.3. The van der Waals surface area contributed by atoms with Crippen molar-refractivity contribution < 1.29 is 19.3 Å². The highest BCUT2D eigenvalue weighted by molar-refractivity contribution is 6.07. The number of likely N-dealkylation sites (tertiary alicyclic amines) is 1. The zero-order valence-electron chi connectivity index (χ0n) is 25.9. The van der Waals surface area contributed by atoms with Crippen LogP contribution < -0.4 is 10.2 Å². The number of carbonyl (C=O) groups excluding carboxylic acids is 3. The van der Waals surface area contributed by atoms with Crippen LogP contribution in [0, 0.1) is 24.0 Å². The second kappa shape index (κ2) is 14.5. The molecule has 5 rings (SSSR count). The smallest absolute Gasteiger partial charge is 0.270 e. The van der Waals surface area contributed by atoms with Gasteiger partial charge in [0.15, 0.2) is 0 Å². The van der Waals surface area contributed by atoms with Crippen LogP contribution >= 0.6 is 0 Å². The molecule has 46 heavy (non-hydrogen) atoms. The van der Waals surface area contributed by atoms with Crippen molar-refractivity contribution in [2.45, 2.75) is 39.0 Å². The van der Waals surface area contributed by atoms with Gasteiger partial charge in [-0.05, 0) is 74.1 Å². The lowest BCUT2D eigenvalue weighted by Crippen LogP contribution is -2.37. The highest BCUT2D eigenvalue weighted by Gasteiger charge is 2.27. The van der Waals surface area contributed by atoms with E-state index < -0.39 is 4.92 Å². The number of anilines is 2. The van der Waals surface area contributed by atoms with E-state index in [1.807, 2.05) is 79.4 Å². The molecule has 0 unspecified atom stereocenters. The molecule has 1 fully saturated rings. The molecule has 4 aromatic carbocycles. The van der Waals surface area contributed by atoms with Crippen LogP contribution in [-0.4, -0.2) is 47.2 Å². The summed E-state index contributed by atoms with van der Waals surface area (Å²) in [4.78, 5) is 53.4. The maximum absolute atomic E-state index is 13.8. The van der Waals surface area contributed by atoms with Crippen LogP contribution in [0.3, 0.4) is 0 Å². The summed E-state index contributed by atoms with van der Waals surface area (Å²) < 4.78 is 0. The summed E-state index contributed by atoms with van der Waals surface area (Å²) in [5.41, 5.74) is 5.55. The second-order valence-corrected chi connectivity index (χ2v) is 11.5. The van der Waals surface area contributed by atoms with Crippen LogP contribution in [0.4, 0.5) is 17.1 Å². The Bertz CT molecular complexity index is 1790. The third-order valence-corrected chi connectivity index (χ3v) is 8.44. The van der Waals surface area contributed by atoms with Crippen LogP contribution in [0.5, 0.6) is 0 Å². The Labute approximate surface area is 268 Å². The van der Waals surface area contributed by atoms with E-state index in [0.29, 0.717) is 30.0 Å². The molecule has 0 bridgehead atoms. The van der Waals surface area contributed by atoms with E-state index in [2.05, 4.69) is 11.3 Å². The first kappa shape index (κ1) is 31.9. The van der Waals surface area contributed by atoms with E-state index in [1.54, 1.807) is 23.1 Å². The average molecular weight is 617 g/mol. The van der Waals surface area contributed by atoms with E-state index in [0.717, 1.165) is 35.2 Å². The van der Waals surface area contributed by atoms with E-state index in [4.69, 9.17) is 0 Å². The zero-order chi connectivity index (χ0) is 32.6. The molecular formula is C37H36N4O5. The molecular weight excluding hydrogens is 580 g/mol. The average Bonchev–Trinajstić information content (AvgIpc) is 3.08. The van der Waals surface area contributed by atoms with Gasteiger partial charge >= 0.3 is 0 Å². The predicted molar refractivity (Wildman–Crippen MR) is 179 cm³/mol. The topological polar surface area (TPSA) is 113 Å². The monoisotopic (exact) mass is 616 g/mol. The summed E-state index contributed by atoms with van der Waals surface area (Å²) in [5, 5.41) is 14.4. The molecule has 0 saturated carbocycles. The Morgan fingerprint density at radius 2 is 1.61 bits per heavy atom. The van der Waals surface area contributed by atoms with Gasteiger partial charge in [-0.1, -0.05) is 60.2 Å². The number of nitrogens with zero attached hydrogens (tertiary/aromatic N) is 3. The summed E-state index contributed by atoms with van der Waals surface area (Å²) >= 11 is 0. The molecule has 0 atom stereocenters.